The summed E-state index contributed by atoms with van der Waals surface area (Å²) in [5, 5.41) is 5.50. The lowest BCUT2D eigenvalue weighted by molar-refractivity contribution is -0.129. The van der Waals surface area contributed by atoms with Gasteiger partial charge in [-0.05, 0) is 13.3 Å². The fourth-order valence-electron chi connectivity index (χ4n) is 3.89. The summed E-state index contributed by atoms with van der Waals surface area (Å²) in [6.07, 6.45) is 19.9. The molecule has 4 N–H and O–H groups in total. The van der Waals surface area contributed by atoms with Crippen molar-refractivity contribution in [1.82, 2.24) is 10.6 Å². The molecule has 0 spiro atoms. The lowest BCUT2D eigenvalue weighted by atomic mass is 10.0. The summed E-state index contributed by atoms with van der Waals surface area (Å²) in [6, 6.07) is -0.688. The molecule has 0 aliphatic heterocycles. The van der Waals surface area contributed by atoms with Crippen LogP contribution in [0.15, 0.2) is 0 Å². The molecule has 0 aromatic rings. The second kappa shape index (κ2) is 26.4. The first-order valence-electron chi connectivity index (χ1n) is 14.1. The van der Waals surface area contributed by atoms with Crippen molar-refractivity contribution in [2.24, 2.45) is 5.73 Å². The van der Waals surface area contributed by atoms with Gasteiger partial charge in [0.25, 0.3) is 0 Å². The molecule has 0 fully saturated rings. The van der Waals surface area contributed by atoms with Crippen LogP contribution >= 0.6 is 0 Å². The van der Waals surface area contributed by atoms with Gasteiger partial charge in [0.05, 0.1) is 19.8 Å². The van der Waals surface area contributed by atoms with E-state index >= 15 is 0 Å². The van der Waals surface area contributed by atoms with Crippen molar-refractivity contribution in [3.05, 3.63) is 0 Å². The summed E-state index contributed by atoms with van der Waals surface area (Å²) in [5.74, 6) is -0.367. The number of nitrogens with one attached hydrogen (secondary N) is 2. The van der Waals surface area contributed by atoms with Crippen LogP contribution in [0.2, 0.25) is 0 Å². The first-order chi connectivity index (χ1) is 16.7. The number of amides is 2. The standard InChI is InChI=1S/C27H55N3O4/c1-3-5-6-7-8-9-10-11-12-13-14-15-16-17-18-19-26(31)30-25(24-28)27(32)29-20-21-34-23-22-33-4-2/h25H,3-24,28H2,1-2H3,(H,29,32)(H,30,31). The number of carbonyl (C=O) groups excluding carboxylic acids is 2. The molecule has 0 saturated carbocycles. The van der Waals surface area contributed by atoms with Crippen LogP contribution < -0.4 is 16.4 Å². The van der Waals surface area contributed by atoms with E-state index in [2.05, 4.69) is 17.6 Å². The fourth-order valence-corrected chi connectivity index (χ4v) is 3.89. The van der Waals surface area contributed by atoms with E-state index in [1.807, 2.05) is 6.92 Å². The molecule has 1 unspecified atom stereocenters. The van der Waals surface area contributed by atoms with Crippen LogP contribution in [0.1, 0.15) is 117 Å². The van der Waals surface area contributed by atoms with Crippen LogP contribution in [0.25, 0.3) is 0 Å². The van der Waals surface area contributed by atoms with Crippen LogP contribution in [0.3, 0.4) is 0 Å². The first-order valence-corrected chi connectivity index (χ1v) is 14.1. The van der Waals surface area contributed by atoms with Gasteiger partial charge in [0.1, 0.15) is 6.04 Å². The van der Waals surface area contributed by atoms with Crippen LogP contribution in [0, 0.1) is 0 Å². The predicted octanol–water partition coefficient (Wildman–Crippen LogP) is 4.86. The second-order valence-corrected chi connectivity index (χ2v) is 9.16. The highest BCUT2D eigenvalue weighted by Crippen LogP contribution is 2.13. The Morgan fingerprint density at radius 1 is 0.706 bits per heavy atom. The number of carbonyl (C=O) groups is 2. The minimum absolute atomic E-state index is 0.0849. The van der Waals surface area contributed by atoms with Gasteiger partial charge in [-0.25, -0.2) is 0 Å². The molecule has 7 nitrogen and oxygen atoms in total. The van der Waals surface area contributed by atoms with Gasteiger partial charge < -0.3 is 25.8 Å². The Hall–Kier alpha value is -1.18. The topological polar surface area (TPSA) is 103 Å². The molecule has 202 valence electrons. The minimum Gasteiger partial charge on any atom is -0.379 e. The van der Waals surface area contributed by atoms with Gasteiger partial charge in [-0.2, -0.15) is 0 Å². The van der Waals surface area contributed by atoms with Gasteiger partial charge in [0.15, 0.2) is 0 Å². The van der Waals surface area contributed by atoms with Crippen molar-refractivity contribution in [3.8, 4) is 0 Å². The van der Waals surface area contributed by atoms with Gasteiger partial charge in [0.2, 0.25) is 11.8 Å². The number of unbranched alkanes of at least 4 members (excludes halogenated alkanes) is 14. The zero-order valence-electron chi connectivity index (χ0n) is 22.3. The van der Waals surface area contributed by atoms with Crippen LogP contribution in [0.4, 0.5) is 0 Å². The Kier molecular flexibility index (Phi) is 25.5. The molecule has 1 atom stereocenters. The number of hydrogen-bond donors (Lipinski definition) is 3. The number of rotatable bonds is 26. The van der Waals surface area contributed by atoms with E-state index in [0.717, 1.165) is 12.8 Å². The maximum absolute atomic E-state index is 12.2. The third-order valence-corrected chi connectivity index (χ3v) is 6.02. The molecule has 34 heavy (non-hydrogen) atoms. The van der Waals surface area contributed by atoms with Crippen LogP contribution in [-0.2, 0) is 19.1 Å². The normalized spacial score (nSPS) is 12.0. The summed E-state index contributed by atoms with van der Waals surface area (Å²) >= 11 is 0. The summed E-state index contributed by atoms with van der Waals surface area (Å²) in [5.41, 5.74) is 5.67. The third kappa shape index (κ3) is 22.6. The van der Waals surface area contributed by atoms with E-state index in [1.54, 1.807) is 0 Å². The van der Waals surface area contributed by atoms with E-state index < -0.39 is 6.04 Å². The monoisotopic (exact) mass is 485 g/mol. The number of hydrogen-bond acceptors (Lipinski definition) is 5. The molecular formula is C27H55N3O4. The number of nitrogens with two attached hydrogens (primary N) is 1. The van der Waals surface area contributed by atoms with E-state index in [-0.39, 0.29) is 18.4 Å². The van der Waals surface area contributed by atoms with Crippen molar-refractivity contribution in [2.45, 2.75) is 123 Å². The van der Waals surface area contributed by atoms with Gasteiger partial charge in [-0.15, -0.1) is 0 Å². The van der Waals surface area contributed by atoms with Crippen molar-refractivity contribution >= 4 is 11.8 Å². The summed E-state index contributed by atoms with van der Waals surface area (Å²) in [6.45, 7) is 6.79. The highest BCUT2D eigenvalue weighted by atomic mass is 16.5. The third-order valence-electron chi connectivity index (χ3n) is 6.02. The molecule has 0 saturated heterocycles. The Balaban J connectivity index is 3.53. The maximum Gasteiger partial charge on any atom is 0.243 e. The molecule has 0 aliphatic rings. The van der Waals surface area contributed by atoms with E-state index in [0.29, 0.717) is 39.4 Å². The number of ether oxygens (including phenoxy) is 2. The SMILES string of the molecule is CCCCCCCCCCCCCCCCCC(=O)NC(CN)C(=O)NCCOCCOCC. The quantitative estimate of drug-likeness (QED) is 0.152. The first kappa shape index (κ1) is 32.8. The highest BCUT2D eigenvalue weighted by molar-refractivity contribution is 5.87. The summed E-state index contributed by atoms with van der Waals surface area (Å²) < 4.78 is 10.5. The highest BCUT2D eigenvalue weighted by Gasteiger charge is 2.18. The zero-order chi connectivity index (χ0) is 25.1. The molecule has 0 aromatic heterocycles. The van der Waals surface area contributed by atoms with Crippen LogP contribution in [0.5, 0.6) is 0 Å². The average Bonchev–Trinajstić information content (AvgIpc) is 2.84. The molecule has 0 aliphatic carbocycles. The largest absolute Gasteiger partial charge is 0.379 e. The zero-order valence-corrected chi connectivity index (χ0v) is 22.3. The van der Waals surface area contributed by atoms with Crippen molar-refractivity contribution in [2.75, 3.05) is 39.5 Å². The van der Waals surface area contributed by atoms with E-state index in [4.69, 9.17) is 15.2 Å². The molecule has 0 rings (SSSR count). The van der Waals surface area contributed by atoms with E-state index in [9.17, 15) is 9.59 Å². The lowest BCUT2D eigenvalue weighted by Gasteiger charge is -2.16. The maximum atomic E-state index is 12.2. The van der Waals surface area contributed by atoms with Crippen molar-refractivity contribution in [3.63, 3.8) is 0 Å². The Morgan fingerprint density at radius 3 is 1.71 bits per heavy atom. The Labute approximate surface area is 209 Å². The molecule has 0 radical (unpaired) electrons. The molecular weight excluding hydrogens is 430 g/mol. The van der Waals surface area contributed by atoms with Crippen LogP contribution in [-0.4, -0.2) is 57.4 Å². The average molecular weight is 486 g/mol. The second-order valence-electron chi connectivity index (χ2n) is 9.16. The lowest BCUT2D eigenvalue weighted by Crippen LogP contribution is -2.51. The minimum atomic E-state index is -0.688. The fraction of sp³-hybridized carbons (Fsp3) is 0.926. The Morgan fingerprint density at radius 2 is 1.21 bits per heavy atom. The van der Waals surface area contributed by atoms with E-state index in [1.165, 1.54) is 83.5 Å². The van der Waals surface area contributed by atoms with Gasteiger partial charge in [0, 0.05) is 26.1 Å². The molecule has 0 heterocycles. The van der Waals surface area contributed by atoms with Crippen molar-refractivity contribution < 1.29 is 19.1 Å². The Bertz CT molecular complexity index is 463. The molecule has 7 heteroatoms. The summed E-state index contributed by atoms with van der Waals surface area (Å²) in [7, 11) is 0. The smallest absolute Gasteiger partial charge is 0.243 e. The summed E-state index contributed by atoms with van der Waals surface area (Å²) in [4.78, 5) is 24.3. The predicted molar refractivity (Wildman–Crippen MR) is 141 cm³/mol. The van der Waals surface area contributed by atoms with Gasteiger partial charge in [-0.3, -0.25) is 9.59 Å². The molecule has 0 aromatic carbocycles. The van der Waals surface area contributed by atoms with Gasteiger partial charge in [-0.1, -0.05) is 96.8 Å². The van der Waals surface area contributed by atoms with Crippen molar-refractivity contribution in [1.29, 1.82) is 0 Å². The molecule has 0 bridgehead atoms. The van der Waals surface area contributed by atoms with Gasteiger partial charge >= 0.3 is 0 Å². The molecule has 2 amide bonds.